The van der Waals surface area contributed by atoms with Gasteiger partial charge in [-0.3, -0.25) is 14.8 Å². The second-order valence-corrected chi connectivity index (χ2v) is 10.1. The van der Waals surface area contributed by atoms with Crippen molar-refractivity contribution in [1.82, 2.24) is 20.6 Å². The summed E-state index contributed by atoms with van der Waals surface area (Å²) in [5.74, 6) is -3.25. The van der Waals surface area contributed by atoms with Crippen LogP contribution in [-0.4, -0.2) is 39.7 Å². The minimum absolute atomic E-state index is 0.0808. The molecule has 3 aromatic heterocycles. The summed E-state index contributed by atoms with van der Waals surface area (Å²) in [5, 5.41) is 16.9. The Kier molecular flexibility index (Phi) is 7.94. The Balaban J connectivity index is 1.27. The minimum Gasteiger partial charge on any atom is -0.481 e. The van der Waals surface area contributed by atoms with E-state index in [1.807, 2.05) is 18.2 Å². The summed E-state index contributed by atoms with van der Waals surface area (Å²) in [5.41, 5.74) is 2.02. The molecule has 1 saturated carbocycles. The van der Waals surface area contributed by atoms with E-state index in [1.54, 1.807) is 12.3 Å². The van der Waals surface area contributed by atoms with Gasteiger partial charge < -0.3 is 25.8 Å². The van der Waals surface area contributed by atoms with Crippen molar-refractivity contribution >= 4 is 39.2 Å². The molecule has 3 heterocycles. The summed E-state index contributed by atoms with van der Waals surface area (Å²) in [6.45, 7) is 1.17. The molecule has 1 fully saturated rings. The zero-order chi connectivity index (χ0) is 27.4. The van der Waals surface area contributed by atoms with Crippen LogP contribution >= 0.6 is 11.3 Å². The monoisotopic (exact) mass is 553 g/mol. The van der Waals surface area contributed by atoms with Crippen LogP contribution in [0.15, 0.2) is 48.8 Å². The number of urea groups is 1. The molecule has 0 unspecified atom stereocenters. The Morgan fingerprint density at radius 1 is 1.08 bits per heavy atom. The smallest absolute Gasteiger partial charge is 0.319 e. The van der Waals surface area contributed by atoms with Crippen molar-refractivity contribution < 1.29 is 28.2 Å². The van der Waals surface area contributed by atoms with Gasteiger partial charge in [-0.1, -0.05) is 6.07 Å². The first-order chi connectivity index (χ1) is 18.9. The topological polar surface area (TPSA) is 125 Å². The maximum absolute atomic E-state index is 14.8. The van der Waals surface area contributed by atoms with Crippen molar-refractivity contribution in [1.29, 1.82) is 0 Å². The number of hydrogen-bond donors (Lipinski definition) is 4. The van der Waals surface area contributed by atoms with E-state index in [1.165, 1.54) is 29.7 Å². The molecule has 0 bridgehead atoms. The van der Waals surface area contributed by atoms with E-state index in [0.29, 0.717) is 35.5 Å². The van der Waals surface area contributed by atoms with Crippen molar-refractivity contribution in [3.63, 3.8) is 0 Å². The van der Waals surface area contributed by atoms with Gasteiger partial charge in [-0.05, 0) is 55.6 Å². The lowest BCUT2D eigenvalue weighted by molar-refractivity contribution is -0.137. The van der Waals surface area contributed by atoms with Crippen LogP contribution in [0.5, 0.6) is 11.5 Å². The number of carbonyl (C=O) groups is 2. The van der Waals surface area contributed by atoms with Crippen LogP contribution in [0.1, 0.15) is 31.2 Å². The number of nitrogens with one attached hydrogen (secondary N) is 3. The third kappa shape index (κ3) is 6.65. The van der Waals surface area contributed by atoms with Gasteiger partial charge in [0, 0.05) is 37.5 Å². The Morgan fingerprint density at radius 2 is 1.92 bits per heavy atom. The number of amides is 2. The predicted octanol–water partition coefficient (Wildman–Crippen LogP) is 5.67. The third-order valence-electron chi connectivity index (χ3n) is 5.95. The van der Waals surface area contributed by atoms with Crippen molar-refractivity contribution in [2.45, 2.75) is 38.3 Å². The van der Waals surface area contributed by atoms with Crippen LogP contribution in [0.25, 0.3) is 20.8 Å². The number of carbonyl (C=O) groups excluding carboxylic acids is 1. The van der Waals surface area contributed by atoms with Crippen molar-refractivity contribution in [3.8, 4) is 22.1 Å². The maximum Gasteiger partial charge on any atom is 0.319 e. The van der Waals surface area contributed by atoms with E-state index in [2.05, 4.69) is 25.9 Å². The Morgan fingerprint density at radius 3 is 2.67 bits per heavy atom. The fourth-order valence-corrected chi connectivity index (χ4v) is 4.83. The normalized spacial score (nSPS) is 12.9. The molecular weight excluding hydrogens is 528 g/mol. The van der Waals surface area contributed by atoms with E-state index in [9.17, 15) is 18.4 Å². The molecule has 4 aromatic rings. The highest BCUT2D eigenvalue weighted by molar-refractivity contribution is 7.22. The first-order valence-electron chi connectivity index (χ1n) is 12.4. The first kappa shape index (κ1) is 26.4. The van der Waals surface area contributed by atoms with Gasteiger partial charge in [-0.15, -0.1) is 11.3 Å². The molecule has 39 heavy (non-hydrogen) atoms. The van der Waals surface area contributed by atoms with Crippen molar-refractivity contribution in [2.24, 2.45) is 0 Å². The van der Waals surface area contributed by atoms with Gasteiger partial charge >= 0.3 is 12.0 Å². The fraction of sp³-hybridized carbons (Fsp3) is 0.259. The molecule has 1 aliphatic rings. The zero-order valence-corrected chi connectivity index (χ0v) is 21.5. The number of aliphatic carboxylic acids is 1. The van der Waals surface area contributed by atoms with Crippen LogP contribution < -0.4 is 20.7 Å². The molecule has 202 valence electrons. The Labute approximate surface area is 226 Å². The second kappa shape index (κ2) is 11.7. The van der Waals surface area contributed by atoms with Gasteiger partial charge in [0.25, 0.3) is 0 Å². The summed E-state index contributed by atoms with van der Waals surface area (Å²) in [4.78, 5) is 32.2. The van der Waals surface area contributed by atoms with Gasteiger partial charge in [0.05, 0.1) is 26.5 Å². The largest absolute Gasteiger partial charge is 0.481 e. The van der Waals surface area contributed by atoms with Gasteiger partial charge in [-0.2, -0.15) is 4.39 Å². The van der Waals surface area contributed by atoms with E-state index in [-0.39, 0.29) is 23.9 Å². The summed E-state index contributed by atoms with van der Waals surface area (Å²) in [6.07, 6.45) is 5.69. The SMILES string of the molecule is O=C(O)CCCNCc1ccc(-c2cc3nccc(Oc4ccc(NC(=O)NC5CC5)c(F)c4F)c3s2)nc1. The number of pyridine rings is 2. The average Bonchev–Trinajstić information content (AvgIpc) is 3.62. The third-order valence-corrected chi connectivity index (χ3v) is 7.12. The number of benzene rings is 1. The minimum atomic E-state index is -1.21. The number of carboxylic acids is 1. The molecule has 0 radical (unpaired) electrons. The summed E-state index contributed by atoms with van der Waals surface area (Å²) >= 11 is 1.36. The molecule has 0 spiro atoms. The molecule has 5 rings (SSSR count). The fourth-order valence-electron chi connectivity index (χ4n) is 3.79. The Bertz CT molecular complexity index is 1510. The molecule has 12 heteroatoms. The average molecular weight is 554 g/mol. The molecule has 1 aliphatic carbocycles. The van der Waals surface area contributed by atoms with Gasteiger partial charge in [-0.25, -0.2) is 9.18 Å². The maximum atomic E-state index is 14.8. The number of thiophene rings is 1. The highest BCUT2D eigenvalue weighted by Gasteiger charge is 2.24. The van der Waals surface area contributed by atoms with E-state index in [0.717, 1.165) is 29.0 Å². The highest BCUT2D eigenvalue weighted by atomic mass is 32.1. The van der Waals surface area contributed by atoms with Crippen LogP contribution in [-0.2, 0) is 11.3 Å². The lowest BCUT2D eigenvalue weighted by atomic mass is 10.2. The molecule has 9 nitrogen and oxygen atoms in total. The summed E-state index contributed by atoms with van der Waals surface area (Å²) in [6, 6.07) is 9.24. The molecule has 2 amide bonds. The summed E-state index contributed by atoms with van der Waals surface area (Å²) in [7, 11) is 0. The van der Waals surface area contributed by atoms with Crippen LogP contribution in [0, 0.1) is 11.6 Å². The highest BCUT2D eigenvalue weighted by Crippen LogP contribution is 2.39. The number of anilines is 1. The lowest BCUT2D eigenvalue weighted by Crippen LogP contribution is -2.30. The molecule has 0 saturated heterocycles. The van der Waals surface area contributed by atoms with Gasteiger partial charge in [0.2, 0.25) is 5.82 Å². The molecule has 1 aromatic carbocycles. The number of carboxylic acid groups (broad SMARTS) is 1. The van der Waals surface area contributed by atoms with Crippen LogP contribution in [0.3, 0.4) is 0 Å². The lowest BCUT2D eigenvalue weighted by Gasteiger charge is -2.11. The number of rotatable bonds is 11. The van der Waals surface area contributed by atoms with E-state index in [4.69, 9.17) is 9.84 Å². The number of fused-ring (bicyclic) bond motifs is 1. The quantitative estimate of drug-likeness (QED) is 0.176. The Hall–Kier alpha value is -4.16. The first-order valence-corrected chi connectivity index (χ1v) is 13.2. The molecule has 0 aliphatic heterocycles. The molecule has 4 N–H and O–H groups in total. The zero-order valence-electron chi connectivity index (χ0n) is 20.7. The van der Waals surface area contributed by atoms with E-state index >= 15 is 0 Å². The molecule has 0 atom stereocenters. The molecular formula is C27H25F2N5O4S. The number of nitrogens with zero attached hydrogens (tertiary/aromatic N) is 2. The van der Waals surface area contributed by atoms with E-state index < -0.39 is 23.6 Å². The second-order valence-electron chi connectivity index (χ2n) is 9.07. The van der Waals surface area contributed by atoms with Gasteiger partial charge in [0.15, 0.2) is 11.6 Å². The number of ether oxygens (including phenoxy) is 1. The summed E-state index contributed by atoms with van der Waals surface area (Å²) < 4.78 is 35.9. The number of hydrogen-bond acceptors (Lipinski definition) is 7. The van der Waals surface area contributed by atoms with Crippen LogP contribution in [0.2, 0.25) is 0 Å². The standard InChI is InChI=1S/C27H25F2N5O4S/c28-24-18(34-27(37)33-16-4-5-16)7-8-20(25(24)29)38-21-9-11-31-19-12-22(39-26(19)21)17-6-3-15(14-32-17)13-30-10-1-2-23(35)36/h3,6-9,11-12,14,16,30H,1-2,4-5,10,13H2,(H,35,36)(H2,33,34,37). The van der Waals surface area contributed by atoms with Gasteiger partial charge in [0.1, 0.15) is 5.75 Å². The van der Waals surface area contributed by atoms with Crippen molar-refractivity contribution in [3.05, 3.63) is 66.0 Å². The van der Waals surface area contributed by atoms with Crippen LogP contribution in [0.4, 0.5) is 19.3 Å². The number of aromatic nitrogens is 2. The van der Waals surface area contributed by atoms with Crippen molar-refractivity contribution in [2.75, 3.05) is 11.9 Å². The number of halogens is 2. The predicted molar refractivity (Wildman–Crippen MR) is 143 cm³/mol.